The van der Waals surface area contributed by atoms with Crippen LogP contribution in [0.15, 0.2) is 24.5 Å². The largest absolute Gasteiger partial charge is 0.393 e. The minimum absolute atomic E-state index is 0.389. The predicted molar refractivity (Wildman–Crippen MR) is 73.5 cm³/mol. The molecule has 18 heavy (non-hydrogen) atoms. The van der Waals surface area contributed by atoms with Crippen LogP contribution in [0.2, 0.25) is 0 Å². The fourth-order valence-corrected chi connectivity index (χ4v) is 1.69. The number of benzene rings is 1. The number of aryl methyl sites for hydroxylation is 2. The van der Waals surface area contributed by atoms with Crippen molar-refractivity contribution in [3.63, 3.8) is 0 Å². The summed E-state index contributed by atoms with van der Waals surface area (Å²) in [7, 11) is 0. The molecule has 6 nitrogen and oxygen atoms in total. The van der Waals surface area contributed by atoms with E-state index >= 15 is 0 Å². The minimum Gasteiger partial charge on any atom is -0.393 e. The van der Waals surface area contributed by atoms with Crippen LogP contribution in [-0.2, 0) is 0 Å². The van der Waals surface area contributed by atoms with E-state index in [1.807, 2.05) is 26.0 Å². The molecule has 1 aromatic carbocycles. The molecule has 0 aliphatic rings. The van der Waals surface area contributed by atoms with Gasteiger partial charge in [0.2, 0.25) is 0 Å². The quantitative estimate of drug-likeness (QED) is 0.484. The monoisotopic (exact) mass is 244 g/mol. The lowest BCUT2D eigenvalue weighted by molar-refractivity contribution is 1.14. The molecule has 0 radical (unpaired) electrons. The average Bonchev–Trinajstić information content (AvgIpc) is 2.35. The van der Waals surface area contributed by atoms with Crippen molar-refractivity contribution in [1.29, 1.82) is 0 Å². The highest BCUT2D eigenvalue weighted by molar-refractivity contribution is 5.78. The van der Waals surface area contributed by atoms with Gasteiger partial charge in [0.1, 0.15) is 12.0 Å². The Hall–Kier alpha value is -2.34. The molecular weight excluding hydrogens is 228 g/mol. The number of rotatable bonds is 3. The van der Waals surface area contributed by atoms with Crippen molar-refractivity contribution in [2.45, 2.75) is 13.8 Å². The molecule has 6 N–H and O–H groups in total. The molecule has 1 aromatic heterocycles. The van der Waals surface area contributed by atoms with Crippen molar-refractivity contribution in [3.05, 3.63) is 35.7 Å². The molecule has 0 fully saturated rings. The fraction of sp³-hybridized carbons (Fsp3) is 0.167. The maximum absolute atomic E-state index is 5.89. The van der Waals surface area contributed by atoms with Crippen LogP contribution in [0.1, 0.15) is 11.1 Å². The van der Waals surface area contributed by atoms with E-state index in [0.29, 0.717) is 17.3 Å². The topological polar surface area (TPSA) is 102 Å². The number of hydrogen-bond acceptors (Lipinski definition) is 6. The van der Waals surface area contributed by atoms with Crippen molar-refractivity contribution < 1.29 is 0 Å². The van der Waals surface area contributed by atoms with Crippen molar-refractivity contribution in [2.24, 2.45) is 5.84 Å². The van der Waals surface area contributed by atoms with Gasteiger partial charge in [-0.05, 0) is 25.5 Å². The van der Waals surface area contributed by atoms with Crippen LogP contribution < -0.4 is 22.3 Å². The number of hydrogen-bond donors (Lipinski definition) is 4. The summed E-state index contributed by atoms with van der Waals surface area (Å²) < 4.78 is 0. The summed E-state index contributed by atoms with van der Waals surface area (Å²) in [6.07, 6.45) is 1.40. The first-order valence-electron chi connectivity index (χ1n) is 5.53. The van der Waals surface area contributed by atoms with Gasteiger partial charge in [0.05, 0.1) is 0 Å². The standard InChI is InChI=1S/C12H16N6/c1-7-3-4-9(8(2)5-7)17-11-10(13)12(18-14)16-6-15-11/h3-6H,13-14H2,1-2H3,(H2,15,16,17,18). The van der Waals surface area contributed by atoms with E-state index in [1.165, 1.54) is 11.9 Å². The fourth-order valence-electron chi connectivity index (χ4n) is 1.69. The van der Waals surface area contributed by atoms with Gasteiger partial charge >= 0.3 is 0 Å². The van der Waals surface area contributed by atoms with Crippen molar-refractivity contribution in [2.75, 3.05) is 16.5 Å². The highest BCUT2D eigenvalue weighted by Gasteiger charge is 2.08. The molecule has 2 rings (SSSR count). The van der Waals surface area contributed by atoms with E-state index in [2.05, 4.69) is 26.8 Å². The zero-order valence-electron chi connectivity index (χ0n) is 10.4. The molecular formula is C12H16N6. The highest BCUT2D eigenvalue weighted by Crippen LogP contribution is 2.26. The van der Waals surface area contributed by atoms with E-state index in [1.54, 1.807) is 0 Å². The minimum atomic E-state index is 0.389. The number of nitrogens with two attached hydrogens (primary N) is 2. The van der Waals surface area contributed by atoms with Crippen LogP contribution in [0, 0.1) is 13.8 Å². The van der Waals surface area contributed by atoms with Gasteiger partial charge in [-0.15, -0.1) is 0 Å². The van der Waals surface area contributed by atoms with Crippen LogP contribution in [0.25, 0.3) is 0 Å². The van der Waals surface area contributed by atoms with Crippen molar-refractivity contribution in [1.82, 2.24) is 9.97 Å². The molecule has 0 saturated heterocycles. The Morgan fingerprint density at radius 3 is 2.50 bits per heavy atom. The lowest BCUT2D eigenvalue weighted by Gasteiger charge is -2.12. The lowest BCUT2D eigenvalue weighted by Crippen LogP contribution is -2.12. The third kappa shape index (κ3) is 2.33. The Morgan fingerprint density at radius 2 is 1.83 bits per heavy atom. The molecule has 1 heterocycles. The molecule has 2 aromatic rings. The normalized spacial score (nSPS) is 10.2. The van der Waals surface area contributed by atoms with Gasteiger partial charge in [0, 0.05) is 5.69 Å². The summed E-state index contributed by atoms with van der Waals surface area (Å²) in [4.78, 5) is 8.03. The van der Waals surface area contributed by atoms with E-state index in [9.17, 15) is 0 Å². The van der Waals surface area contributed by atoms with E-state index in [4.69, 9.17) is 11.6 Å². The lowest BCUT2D eigenvalue weighted by atomic mass is 10.1. The molecule has 0 saturated carbocycles. The Kier molecular flexibility index (Phi) is 3.29. The van der Waals surface area contributed by atoms with E-state index in [-0.39, 0.29) is 0 Å². The van der Waals surface area contributed by atoms with Crippen LogP contribution in [0.3, 0.4) is 0 Å². The third-order valence-electron chi connectivity index (χ3n) is 2.66. The predicted octanol–water partition coefficient (Wildman–Crippen LogP) is 1.70. The van der Waals surface area contributed by atoms with Crippen LogP contribution in [-0.4, -0.2) is 9.97 Å². The number of aromatic nitrogens is 2. The van der Waals surface area contributed by atoms with Crippen molar-refractivity contribution >= 4 is 23.0 Å². The van der Waals surface area contributed by atoms with Gasteiger partial charge in [-0.25, -0.2) is 15.8 Å². The number of anilines is 4. The van der Waals surface area contributed by atoms with Gasteiger partial charge in [0.25, 0.3) is 0 Å². The van der Waals surface area contributed by atoms with Gasteiger partial charge in [-0.1, -0.05) is 17.7 Å². The molecule has 0 amide bonds. The summed E-state index contributed by atoms with van der Waals surface area (Å²) >= 11 is 0. The molecule has 0 bridgehead atoms. The van der Waals surface area contributed by atoms with Gasteiger partial charge in [0.15, 0.2) is 11.6 Å². The van der Waals surface area contributed by atoms with Gasteiger partial charge in [-0.3, -0.25) is 0 Å². The zero-order valence-corrected chi connectivity index (χ0v) is 10.4. The first-order valence-corrected chi connectivity index (χ1v) is 5.53. The van der Waals surface area contributed by atoms with Crippen molar-refractivity contribution in [3.8, 4) is 0 Å². The molecule has 0 aliphatic heterocycles. The second-order valence-electron chi connectivity index (χ2n) is 4.07. The molecule has 0 spiro atoms. The molecule has 0 aliphatic carbocycles. The summed E-state index contributed by atoms with van der Waals surface area (Å²) in [6, 6.07) is 6.10. The second-order valence-corrected chi connectivity index (χ2v) is 4.07. The third-order valence-corrected chi connectivity index (χ3v) is 2.66. The number of nitrogens with one attached hydrogen (secondary N) is 2. The molecule has 6 heteroatoms. The van der Waals surface area contributed by atoms with Crippen LogP contribution >= 0.6 is 0 Å². The maximum atomic E-state index is 5.89. The first kappa shape index (κ1) is 12.1. The Balaban J connectivity index is 2.34. The van der Waals surface area contributed by atoms with Gasteiger partial charge in [-0.2, -0.15) is 0 Å². The highest BCUT2D eigenvalue weighted by atomic mass is 15.3. The molecule has 94 valence electrons. The summed E-state index contributed by atoms with van der Waals surface area (Å²) in [5.74, 6) is 6.25. The molecule has 0 atom stereocenters. The second kappa shape index (κ2) is 4.89. The van der Waals surface area contributed by atoms with E-state index < -0.39 is 0 Å². The number of nitrogens with zero attached hydrogens (tertiary/aromatic N) is 2. The Labute approximate surface area is 105 Å². The maximum Gasteiger partial charge on any atom is 0.168 e. The molecule has 0 unspecified atom stereocenters. The van der Waals surface area contributed by atoms with Crippen LogP contribution in [0.5, 0.6) is 0 Å². The number of nitrogen functional groups attached to an aromatic ring is 2. The number of hydrazine groups is 1. The van der Waals surface area contributed by atoms with E-state index in [0.717, 1.165) is 11.3 Å². The summed E-state index contributed by atoms with van der Waals surface area (Å²) in [5.41, 5.74) is 12.0. The SMILES string of the molecule is Cc1ccc(Nc2ncnc(NN)c2N)c(C)c1. The smallest absolute Gasteiger partial charge is 0.168 e. The Bertz CT molecular complexity index is 566. The summed E-state index contributed by atoms with van der Waals surface area (Å²) in [6.45, 7) is 4.07. The van der Waals surface area contributed by atoms with Crippen LogP contribution in [0.4, 0.5) is 23.0 Å². The zero-order chi connectivity index (χ0) is 13.1. The summed E-state index contributed by atoms with van der Waals surface area (Å²) in [5, 5.41) is 3.17. The Morgan fingerprint density at radius 1 is 1.11 bits per heavy atom. The first-order chi connectivity index (χ1) is 8.61. The van der Waals surface area contributed by atoms with Gasteiger partial charge < -0.3 is 16.5 Å². The average molecular weight is 244 g/mol.